The summed E-state index contributed by atoms with van der Waals surface area (Å²) in [5, 5.41) is 3.81. The fourth-order valence-electron chi connectivity index (χ4n) is 3.45. The number of fused-ring (bicyclic) bond motifs is 1. The van der Waals surface area contributed by atoms with Crippen LogP contribution in [0.4, 0.5) is 4.39 Å². The molecule has 0 radical (unpaired) electrons. The third kappa shape index (κ3) is 3.88. The second kappa shape index (κ2) is 7.58. The Morgan fingerprint density at radius 3 is 2.68 bits per heavy atom. The van der Waals surface area contributed by atoms with Gasteiger partial charge in [0.15, 0.2) is 0 Å². The van der Waals surface area contributed by atoms with E-state index in [1.165, 1.54) is 24.3 Å². The molecule has 2 heterocycles. The van der Waals surface area contributed by atoms with Crippen molar-refractivity contribution in [2.75, 3.05) is 11.5 Å². The maximum Gasteiger partial charge on any atom is 0.123 e. The van der Waals surface area contributed by atoms with Crippen LogP contribution in [0.25, 0.3) is 11.0 Å². The molecule has 1 aromatic heterocycles. The van der Waals surface area contributed by atoms with E-state index >= 15 is 0 Å². The van der Waals surface area contributed by atoms with Crippen LogP contribution in [-0.4, -0.2) is 27.1 Å². The smallest absolute Gasteiger partial charge is 0.123 e. The molecule has 1 aliphatic heterocycles. The maximum atomic E-state index is 13.4. The molecular formula is C20H22FN3S. The number of halogens is 1. The predicted octanol–water partition coefficient (Wildman–Crippen LogP) is 4.40. The first-order chi connectivity index (χ1) is 12.3. The monoisotopic (exact) mass is 355 g/mol. The largest absolute Gasteiger partial charge is 0.329 e. The molecule has 0 saturated carbocycles. The summed E-state index contributed by atoms with van der Waals surface area (Å²) in [4.78, 5) is 4.50. The van der Waals surface area contributed by atoms with Gasteiger partial charge in [-0.1, -0.05) is 24.3 Å². The van der Waals surface area contributed by atoms with Crippen molar-refractivity contribution in [3.05, 3.63) is 66.2 Å². The topological polar surface area (TPSA) is 29.9 Å². The summed E-state index contributed by atoms with van der Waals surface area (Å²) in [7, 11) is 0. The normalized spacial score (nSPS) is 17.0. The average Bonchev–Trinajstić information content (AvgIpc) is 3.06. The zero-order valence-corrected chi connectivity index (χ0v) is 14.9. The van der Waals surface area contributed by atoms with E-state index in [4.69, 9.17) is 0 Å². The Bertz CT molecular complexity index is 824. The van der Waals surface area contributed by atoms with Gasteiger partial charge < -0.3 is 9.88 Å². The first-order valence-electron chi connectivity index (χ1n) is 8.79. The number of imidazole rings is 1. The Morgan fingerprint density at radius 1 is 1.12 bits per heavy atom. The predicted molar refractivity (Wildman–Crippen MR) is 102 cm³/mol. The van der Waals surface area contributed by atoms with Crippen molar-refractivity contribution < 1.29 is 4.39 Å². The summed E-state index contributed by atoms with van der Waals surface area (Å²) in [6, 6.07) is 15.7. The summed E-state index contributed by atoms with van der Waals surface area (Å²) in [6.07, 6.45) is 4.28. The molecule has 1 N–H and O–H groups in total. The van der Waals surface area contributed by atoms with Crippen LogP contribution in [0, 0.1) is 5.82 Å². The van der Waals surface area contributed by atoms with Gasteiger partial charge in [0, 0.05) is 12.6 Å². The van der Waals surface area contributed by atoms with Crippen LogP contribution < -0.4 is 5.32 Å². The second-order valence-electron chi connectivity index (χ2n) is 6.54. The lowest BCUT2D eigenvalue weighted by Crippen LogP contribution is -2.37. The lowest BCUT2D eigenvalue weighted by molar-refractivity contribution is 0.382. The van der Waals surface area contributed by atoms with Crippen LogP contribution >= 0.6 is 11.8 Å². The number of aromatic nitrogens is 2. The van der Waals surface area contributed by atoms with Crippen LogP contribution in [-0.2, 0) is 6.54 Å². The Morgan fingerprint density at radius 2 is 1.88 bits per heavy atom. The van der Waals surface area contributed by atoms with Crippen molar-refractivity contribution >= 4 is 22.8 Å². The summed E-state index contributed by atoms with van der Waals surface area (Å²) >= 11 is 2.03. The van der Waals surface area contributed by atoms with Gasteiger partial charge in [0.2, 0.25) is 0 Å². The molecule has 1 saturated heterocycles. The van der Waals surface area contributed by atoms with E-state index in [0.29, 0.717) is 6.04 Å². The fourth-order valence-corrected chi connectivity index (χ4v) is 4.56. The lowest BCUT2D eigenvalue weighted by Gasteiger charge is -2.29. The zero-order chi connectivity index (χ0) is 17.1. The minimum Gasteiger partial charge on any atom is -0.329 e. The molecule has 1 fully saturated rings. The Hall–Kier alpha value is -1.85. The van der Waals surface area contributed by atoms with Crippen LogP contribution in [0.15, 0.2) is 54.9 Å². The number of hydrogen-bond acceptors (Lipinski definition) is 3. The first-order valence-corrected chi connectivity index (χ1v) is 9.94. The number of thioether (sulfide) groups is 1. The Balaban J connectivity index is 1.60. The molecule has 0 spiro atoms. The summed E-state index contributed by atoms with van der Waals surface area (Å²) in [5.41, 5.74) is 3.27. The van der Waals surface area contributed by atoms with Crippen molar-refractivity contribution in [1.29, 1.82) is 0 Å². The van der Waals surface area contributed by atoms with Crippen molar-refractivity contribution in [1.82, 2.24) is 14.9 Å². The van der Waals surface area contributed by atoms with Crippen molar-refractivity contribution in [3.63, 3.8) is 0 Å². The molecule has 4 rings (SSSR count). The van der Waals surface area contributed by atoms with E-state index in [2.05, 4.69) is 20.9 Å². The highest BCUT2D eigenvalue weighted by Gasteiger charge is 2.20. The van der Waals surface area contributed by atoms with Gasteiger partial charge in [-0.3, -0.25) is 0 Å². The highest BCUT2D eigenvalue weighted by atomic mass is 32.2. The van der Waals surface area contributed by atoms with E-state index in [0.717, 1.165) is 23.1 Å². The minimum atomic E-state index is -0.190. The quantitative estimate of drug-likeness (QED) is 0.736. The van der Waals surface area contributed by atoms with Crippen molar-refractivity contribution in [3.8, 4) is 0 Å². The van der Waals surface area contributed by atoms with E-state index in [-0.39, 0.29) is 11.9 Å². The van der Waals surface area contributed by atoms with Crippen LogP contribution in [0.5, 0.6) is 0 Å². The number of nitrogens with zero attached hydrogens (tertiary/aromatic N) is 2. The van der Waals surface area contributed by atoms with Gasteiger partial charge >= 0.3 is 0 Å². The van der Waals surface area contributed by atoms with Crippen molar-refractivity contribution in [2.45, 2.75) is 31.5 Å². The van der Waals surface area contributed by atoms with Crippen LogP contribution in [0.2, 0.25) is 0 Å². The molecule has 0 bridgehead atoms. The molecule has 0 amide bonds. The SMILES string of the molecule is Fc1ccc(C(Cn2cnc3ccccc32)NC2CCSCC2)cc1. The number of hydrogen-bond donors (Lipinski definition) is 1. The first kappa shape index (κ1) is 16.6. The lowest BCUT2D eigenvalue weighted by atomic mass is 10.0. The number of nitrogens with one attached hydrogen (secondary N) is 1. The van der Waals surface area contributed by atoms with Gasteiger partial charge in [-0.25, -0.2) is 9.37 Å². The molecular weight excluding hydrogens is 333 g/mol. The van der Waals surface area contributed by atoms with Crippen LogP contribution in [0.1, 0.15) is 24.4 Å². The Kier molecular flexibility index (Phi) is 5.04. The molecule has 130 valence electrons. The minimum absolute atomic E-state index is 0.145. The van der Waals surface area contributed by atoms with E-state index in [1.54, 1.807) is 12.1 Å². The molecule has 0 aliphatic carbocycles. The third-order valence-corrected chi connectivity index (χ3v) is 5.89. The van der Waals surface area contributed by atoms with Crippen molar-refractivity contribution in [2.24, 2.45) is 0 Å². The molecule has 2 aromatic carbocycles. The summed E-state index contributed by atoms with van der Waals surface area (Å²) < 4.78 is 15.5. The molecule has 3 aromatic rings. The highest BCUT2D eigenvalue weighted by molar-refractivity contribution is 7.99. The van der Waals surface area contributed by atoms with Crippen LogP contribution in [0.3, 0.4) is 0 Å². The van der Waals surface area contributed by atoms with Gasteiger partial charge in [0.1, 0.15) is 5.82 Å². The molecule has 5 heteroatoms. The molecule has 1 unspecified atom stereocenters. The van der Waals surface area contributed by atoms with E-state index < -0.39 is 0 Å². The maximum absolute atomic E-state index is 13.4. The summed E-state index contributed by atoms with van der Waals surface area (Å²) in [6.45, 7) is 0.787. The van der Waals surface area contributed by atoms with Gasteiger partial charge in [-0.05, 0) is 54.2 Å². The van der Waals surface area contributed by atoms with Gasteiger partial charge in [-0.15, -0.1) is 0 Å². The van der Waals surface area contributed by atoms with Gasteiger partial charge in [0.05, 0.1) is 23.4 Å². The molecule has 1 atom stereocenters. The van der Waals surface area contributed by atoms with E-state index in [9.17, 15) is 4.39 Å². The second-order valence-corrected chi connectivity index (χ2v) is 7.77. The molecule has 3 nitrogen and oxygen atoms in total. The highest BCUT2D eigenvalue weighted by Crippen LogP contribution is 2.24. The van der Waals surface area contributed by atoms with E-state index in [1.807, 2.05) is 48.4 Å². The number of rotatable bonds is 5. The van der Waals surface area contributed by atoms with Gasteiger partial charge in [0.25, 0.3) is 0 Å². The summed E-state index contributed by atoms with van der Waals surface area (Å²) in [5.74, 6) is 2.23. The molecule has 1 aliphatic rings. The standard InChI is InChI=1S/C20H22FN3S/c21-16-7-5-15(6-8-16)19(23-17-9-11-25-12-10-17)13-24-14-22-18-3-1-2-4-20(18)24/h1-8,14,17,19,23H,9-13H2. The fraction of sp³-hybridized carbons (Fsp3) is 0.350. The zero-order valence-electron chi connectivity index (χ0n) is 14.1. The van der Waals surface area contributed by atoms with Gasteiger partial charge in [-0.2, -0.15) is 11.8 Å². The number of benzene rings is 2. The Labute approximate surface area is 151 Å². The molecule has 25 heavy (non-hydrogen) atoms. The third-order valence-electron chi connectivity index (χ3n) is 4.84. The average molecular weight is 355 g/mol. The number of para-hydroxylation sites is 2.